The first-order chi connectivity index (χ1) is 6.85. The largest absolute Gasteiger partial charge is 0.573 e. The van der Waals surface area contributed by atoms with Gasteiger partial charge in [0.1, 0.15) is 0 Å². The van der Waals surface area contributed by atoms with Gasteiger partial charge in [0, 0.05) is 0 Å². The first-order valence-electron chi connectivity index (χ1n) is 4.25. The lowest BCUT2D eigenvalue weighted by Crippen LogP contribution is -2.18. The van der Waals surface area contributed by atoms with E-state index < -0.39 is 6.36 Å². The first-order valence-corrected chi connectivity index (χ1v) is 4.25. The van der Waals surface area contributed by atoms with Crippen LogP contribution >= 0.6 is 0 Å². The molecule has 1 aromatic carbocycles. The summed E-state index contributed by atoms with van der Waals surface area (Å²) in [7, 11) is 1.30. The summed E-state index contributed by atoms with van der Waals surface area (Å²) in [5.74, 6) is -0.194. The van der Waals surface area contributed by atoms with E-state index in [9.17, 15) is 13.2 Å². The molecule has 2 nitrogen and oxygen atoms in total. The minimum Gasteiger partial charge on any atom is -0.493 e. The number of methoxy groups -OCH3 is 1. The van der Waals surface area contributed by atoms with Crippen LogP contribution in [0.5, 0.6) is 11.5 Å². The van der Waals surface area contributed by atoms with Crippen molar-refractivity contribution in [2.75, 3.05) is 7.11 Å². The molecule has 0 amide bonds. The Hall–Kier alpha value is -1.39. The molecule has 0 aromatic heterocycles. The van der Waals surface area contributed by atoms with Crippen LogP contribution in [0.15, 0.2) is 12.1 Å². The van der Waals surface area contributed by atoms with Gasteiger partial charge in [-0.3, -0.25) is 0 Å². The second-order valence-electron chi connectivity index (χ2n) is 3.09. The number of hydrogen-bond acceptors (Lipinski definition) is 2. The number of ether oxygens (including phenoxy) is 2. The van der Waals surface area contributed by atoms with Crippen molar-refractivity contribution in [3.8, 4) is 11.5 Å². The fraction of sp³-hybridized carbons (Fsp3) is 0.400. The van der Waals surface area contributed by atoms with Crippen LogP contribution in [0.4, 0.5) is 13.2 Å². The number of halogens is 3. The van der Waals surface area contributed by atoms with Gasteiger partial charge >= 0.3 is 6.36 Å². The lowest BCUT2D eigenvalue weighted by molar-refractivity contribution is -0.275. The smallest absolute Gasteiger partial charge is 0.493 e. The van der Waals surface area contributed by atoms with Gasteiger partial charge in [0.2, 0.25) is 0 Å². The van der Waals surface area contributed by atoms with Crippen LogP contribution in [-0.4, -0.2) is 13.5 Å². The first kappa shape index (κ1) is 11.7. The highest BCUT2D eigenvalue weighted by atomic mass is 19.4. The van der Waals surface area contributed by atoms with Crippen molar-refractivity contribution in [3.63, 3.8) is 0 Å². The third-order valence-electron chi connectivity index (χ3n) is 2.08. The summed E-state index contributed by atoms with van der Waals surface area (Å²) in [5, 5.41) is 0. The number of hydrogen-bond donors (Lipinski definition) is 0. The molecule has 0 atom stereocenters. The van der Waals surface area contributed by atoms with Gasteiger partial charge in [0.15, 0.2) is 11.5 Å². The highest BCUT2D eigenvalue weighted by molar-refractivity contribution is 5.49. The molecule has 0 bridgehead atoms. The Balaban J connectivity index is 3.18. The lowest BCUT2D eigenvalue weighted by Gasteiger charge is -2.15. The van der Waals surface area contributed by atoms with E-state index in [1.807, 2.05) is 0 Å². The Bertz CT molecular complexity index is 358. The van der Waals surface area contributed by atoms with E-state index in [4.69, 9.17) is 4.74 Å². The molecule has 0 fully saturated rings. The van der Waals surface area contributed by atoms with E-state index >= 15 is 0 Å². The summed E-state index contributed by atoms with van der Waals surface area (Å²) in [6.07, 6.45) is -4.70. The van der Waals surface area contributed by atoms with Gasteiger partial charge in [-0.1, -0.05) is 6.07 Å². The molecule has 0 spiro atoms. The van der Waals surface area contributed by atoms with Gasteiger partial charge in [0.25, 0.3) is 0 Å². The summed E-state index contributed by atoms with van der Waals surface area (Å²) in [5.41, 5.74) is 1.14. The molecule has 1 aromatic rings. The fourth-order valence-corrected chi connectivity index (χ4v) is 1.17. The molecule has 0 unspecified atom stereocenters. The van der Waals surface area contributed by atoms with E-state index in [0.29, 0.717) is 5.56 Å². The van der Waals surface area contributed by atoms with Crippen LogP contribution in [0.3, 0.4) is 0 Å². The molecular weight excluding hydrogens is 209 g/mol. The number of alkyl halides is 3. The Morgan fingerprint density at radius 3 is 2.20 bits per heavy atom. The van der Waals surface area contributed by atoms with E-state index in [2.05, 4.69) is 4.74 Å². The quantitative estimate of drug-likeness (QED) is 0.761. The Labute approximate surface area is 85.6 Å². The molecule has 0 aliphatic carbocycles. The second-order valence-corrected chi connectivity index (χ2v) is 3.09. The molecule has 0 saturated carbocycles. The van der Waals surface area contributed by atoms with Crippen molar-refractivity contribution in [1.82, 2.24) is 0 Å². The van der Waals surface area contributed by atoms with Gasteiger partial charge in [-0.2, -0.15) is 0 Å². The fourth-order valence-electron chi connectivity index (χ4n) is 1.17. The van der Waals surface area contributed by atoms with E-state index in [1.54, 1.807) is 19.9 Å². The maximum atomic E-state index is 12.1. The predicted octanol–water partition coefficient (Wildman–Crippen LogP) is 3.21. The van der Waals surface area contributed by atoms with Crippen LogP contribution in [-0.2, 0) is 0 Å². The molecule has 0 N–H and O–H groups in total. The summed E-state index contributed by atoms with van der Waals surface area (Å²) >= 11 is 0. The topological polar surface area (TPSA) is 18.5 Å². The zero-order valence-electron chi connectivity index (χ0n) is 8.61. The predicted molar refractivity (Wildman–Crippen MR) is 49.2 cm³/mol. The van der Waals surface area contributed by atoms with Gasteiger partial charge in [-0.15, -0.1) is 13.2 Å². The van der Waals surface area contributed by atoms with Gasteiger partial charge in [-0.05, 0) is 31.0 Å². The maximum Gasteiger partial charge on any atom is 0.573 e. The third-order valence-corrected chi connectivity index (χ3v) is 2.08. The minimum atomic E-state index is -4.70. The zero-order valence-corrected chi connectivity index (χ0v) is 8.61. The molecule has 5 heteroatoms. The Kier molecular flexibility index (Phi) is 3.12. The number of benzene rings is 1. The average molecular weight is 220 g/mol. The van der Waals surface area contributed by atoms with Crippen LogP contribution in [0.2, 0.25) is 0 Å². The highest BCUT2D eigenvalue weighted by Crippen LogP contribution is 2.36. The lowest BCUT2D eigenvalue weighted by atomic mass is 10.1. The Morgan fingerprint density at radius 2 is 1.73 bits per heavy atom. The normalized spacial score (nSPS) is 11.3. The molecule has 84 valence electrons. The Morgan fingerprint density at radius 1 is 1.13 bits per heavy atom. The summed E-state index contributed by atoms with van der Waals surface area (Å²) in [6, 6.07) is 3.13. The molecule has 15 heavy (non-hydrogen) atoms. The van der Waals surface area contributed by atoms with Crippen molar-refractivity contribution < 1.29 is 22.6 Å². The summed E-state index contributed by atoms with van der Waals surface area (Å²) in [4.78, 5) is 0. The van der Waals surface area contributed by atoms with Crippen LogP contribution < -0.4 is 9.47 Å². The standard InChI is InChI=1S/C10H11F3O2/c1-6-4-5-8(14-3)9(7(6)2)15-10(11,12)13/h4-5H,1-3H3. The molecule has 0 radical (unpaired) electrons. The third kappa shape index (κ3) is 2.78. The van der Waals surface area contributed by atoms with E-state index in [0.717, 1.165) is 5.56 Å². The molecule has 0 heterocycles. The van der Waals surface area contributed by atoms with Crippen molar-refractivity contribution in [2.24, 2.45) is 0 Å². The molecule has 0 aliphatic heterocycles. The van der Waals surface area contributed by atoms with Gasteiger partial charge in [0.05, 0.1) is 7.11 Å². The van der Waals surface area contributed by atoms with E-state index in [-0.39, 0.29) is 11.5 Å². The molecule has 1 rings (SSSR count). The average Bonchev–Trinajstić information content (AvgIpc) is 2.11. The number of aryl methyl sites for hydroxylation is 1. The van der Waals surface area contributed by atoms with Gasteiger partial charge < -0.3 is 9.47 Å². The SMILES string of the molecule is COc1ccc(C)c(C)c1OC(F)(F)F. The van der Waals surface area contributed by atoms with Crippen molar-refractivity contribution in [3.05, 3.63) is 23.3 Å². The number of rotatable bonds is 2. The van der Waals surface area contributed by atoms with Gasteiger partial charge in [-0.25, -0.2) is 0 Å². The molecule has 0 aliphatic rings. The van der Waals surface area contributed by atoms with Crippen molar-refractivity contribution in [2.45, 2.75) is 20.2 Å². The van der Waals surface area contributed by atoms with Crippen molar-refractivity contribution >= 4 is 0 Å². The highest BCUT2D eigenvalue weighted by Gasteiger charge is 2.33. The van der Waals surface area contributed by atoms with Crippen LogP contribution in [0, 0.1) is 13.8 Å². The monoisotopic (exact) mass is 220 g/mol. The van der Waals surface area contributed by atoms with Crippen LogP contribution in [0.1, 0.15) is 11.1 Å². The zero-order chi connectivity index (χ0) is 11.6. The summed E-state index contributed by atoms with van der Waals surface area (Å²) < 4.78 is 45.0. The molecule has 0 saturated heterocycles. The van der Waals surface area contributed by atoms with E-state index in [1.165, 1.54) is 13.2 Å². The van der Waals surface area contributed by atoms with Crippen molar-refractivity contribution in [1.29, 1.82) is 0 Å². The van der Waals surface area contributed by atoms with Crippen LogP contribution in [0.25, 0.3) is 0 Å². The minimum absolute atomic E-state index is 0.0791. The second kappa shape index (κ2) is 4.00. The maximum absolute atomic E-state index is 12.1. The summed E-state index contributed by atoms with van der Waals surface area (Å²) in [6.45, 7) is 3.26. The molecular formula is C10H11F3O2.